The van der Waals surface area contributed by atoms with E-state index in [2.05, 4.69) is 15.3 Å². The van der Waals surface area contributed by atoms with E-state index in [1.165, 1.54) is 32.0 Å². The first-order valence-corrected chi connectivity index (χ1v) is 11.7. The third-order valence-corrected chi connectivity index (χ3v) is 6.29. The number of furan rings is 1. The summed E-state index contributed by atoms with van der Waals surface area (Å²) in [6, 6.07) is 3.10. The van der Waals surface area contributed by atoms with Crippen LogP contribution in [0.3, 0.4) is 0 Å². The number of aromatic nitrogens is 3. The van der Waals surface area contributed by atoms with E-state index in [9.17, 15) is 19.2 Å². The Morgan fingerprint density at radius 1 is 1.35 bits per heavy atom. The molecular formula is C21H25N7O5S. The molecule has 0 atom stereocenters. The standard InChI is InChI=1S/C21H25N7O5S/c1-2-3-7-26-17(22)16(18(30)25-20(26)32)28(11-14-5-4-9-33-14)15(29)10-13-12-34-21(24-13)27-8-6-23-19(27)31/h4-5,9,12H,2-3,6-8,10-11,22H2,1H3,(H,23,31)(H,25,30,32). The fourth-order valence-corrected chi connectivity index (χ4v) is 4.48. The second-order valence-corrected chi connectivity index (χ2v) is 8.58. The minimum Gasteiger partial charge on any atom is -0.467 e. The first kappa shape index (κ1) is 23.3. The molecule has 0 saturated carbocycles. The van der Waals surface area contributed by atoms with Gasteiger partial charge in [-0.2, -0.15) is 0 Å². The van der Waals surface area contributed by atoms with E-state index in [1.54, 1.807) is 17.5 Å². The van der Waals surface area contributed by atoms with Crippen molar-refractivity contribution in [2.75, 3.05) is 28.6 Å². The molecule has 4 rings (SSSR count). The lowest BCUT2D eigenvalue weighted by Gasteiger charge is -2.23. The summed E-state index contributed by atoms with van der Waals surface area (Å²) in [5.74, 6) is -0.113. The van der Waals surface area contributed by atoms with Gasteiger partial charge in [0.15, 0.2) is 10.8 Å². The summed E-state index contributed by atoms with van der Waals surface area (Å²) in [6.45, 7) is 3.24. The summed E-state index contributed by atoms with van der Waals surface area (Å²) in [6.07, 6.45) is 2.81. The lowest BCUT2D eigenvalue weighted by molar-refractivity contribution is -0.118. The van der Waals surface area contributed by atoms with Gasteiger partial charge in [-0.1, -0.05) is 13.3 Å². The average Bonchev–Trinajstić information content (AvgIpc) is 3.55. The number of carbonyl (C=O) groups excluding carboxylic acids is 2. The molecule has 1 aliphatic rings. The molecule has 0 aromatic carbocycles. The molecule has 3 amide bonds. The van der Waals surface area contributed by atoms with Gasteiger partial charge in [-0.05, 0) is 18.6 Å². The summed E-state index contributed by atoms with van der Waals surface area (Å²) < 4.78 is 6.65. The quantitative estimate of drug-likeness (QED) is 0.410. The largest absolute Gasteiger partial charge is 0.467 e. The monoisotopic (exact) mass is 487 g/mol. The maximum atomic E-state index is 13.4. The highest BCUT2D eigenvalue weighted by Gasteiger charge is 2.28. The second kappa shape index (κ2) is 9.95. The van der Waals surface area contributed by atoms with E-state index >= 15 is 0 Å². The van der Waals surface area contributed by atoms with E-state index < -0.39 is 17.2 Å². The number of rotatable bonds is 9. The maximum Gasteiger partial charge on any atom is 0.330 e. The Hall–Kier alpha value is -3.87. The predicted molar refractivity (Wildman–Crippen MR) is 127 cm³/mol. The van der Waals surface area contributed by atoms with E-state index in [-0.39, 0.29) is 30.5 Å². The zero-order valence-electron chi connectivity index (χ0n) is 18.6. The maximum absolute atomic E-state index is 13.4. The van der Waals surface area contributed by atoms with Crippen molar-refractivity contribution in [3.63, 3.8) is 0 Å². The van der Waals surface area contributed by atoms with Gasteiger partial charge in [-0.3, -0.25) is 28.9 Å². The van der Waals surface area contributed by atoms with Gasteiger partial charge >= 0.3 is 11.7 Å². The van der Waals surface area contributed by atoms with Crippen molar-refractivity contribution in [1.29, 1.82) is 0 Å². The van der Waals surface area contributed by atoms with Gasteiger partial charge in [0, 0.05) is 25.0 Å². The molecule has 0 bridgehead atoms. The van der Waals surface area contributed by atoms with Gasteiger partial charge in [0.25, 0.3) is 5.56 Å². The number of nitrogens with one attached hydrogen (secondary N) is 2. The molecule has 3 aromatic rings. The first-order chi connectivity index (χ1) is 16.4. The number of nitrogens with two attached hydrogens (primary N) is 1. The molecule has 1 fully saturated rings. The number of nitrogens with zero attached hydrogens (tertiary/aromatic N) is 4. The number of thiazole rings is 1. The Kier molecular flexibility index (Phi) is 6.82. The molecule has 0 aliphatic carbocycles. The number of hydrogen-bond donors (Lipinski definition) is 3. The van der Waals surface area contributed by atoms with E-state index in [0.29, 0.717) is 42.6 Å². The summed E-state index contributed by atoms with van der Waals surface area (Å²) in [5, 5.41) is 4.89. The van der Waals surface area contributed by atoms with Crippen molar-refractivity contribution in [2.24, 2.45) is 0 Å². The number of carbonyl (C=O) groups is 2. The molecule has 4 heterocycles. The Morgan fingerprint density at radius 3 is 2.85 bits per heavy atom. The molecule has 12 nitrogen and oxygen atoms in total. The number of anilines is 3. The van der Waals surface area contributed by atoms with Crippen LogP contribution in [0.25, 0.3) is 0 Å². The van der Waals surface area contributed by atoms with Crippen molar-refractivity contribution in [3.05, 3.63) is 56.1 Å². The second-order valence-electron chi connectivity index (χ2n) is 7.74. The Bertz CT molecular complexity index is 1290. The first-order valence-electron chi connectivity index (χ1n) is 10.8. The minimum absolute atomic E-state index is 0.0589. The van der Waals surface area contributed by atoms with Crippen LogP contribution in [-0.2, 0) is 24.3 Å². The van der Waals surface area contributed by atoms with Crippen molar-refractivity contribution in [3.8, 4) is 0 Å². The van der Waals surface area contributed by atoms with Crippen LogP contribution in [-0.4, -0.2) is 39.6 Å². The number of amides is 3. The van der Waals surface area contributed by atoms with Gasteiger partial charge in [0.2, 0.25) is 5.91 Å². The van der Waals surface area contributed by atoms with Gasteiger partial charge in [0.1, 0.15) is 11.6 Å². The lowest BCUT2D eigenvalue weighted by Crippen LogP contribution is -2.41. The summed E-state index contributed by atoms with van der Waals surface area (Å²) in [7, 11) is 0. The van der Waals surface area contributed by atoms with Crippen LogP contribution >= 0.6 is 11.3 Å². The number of unbranched alkanes of at least 4 members (excludes halogenated alkanes) is 1. The van der Waals surface area contributed by atoms with Crippen LogP contribution in [0.4, 0.5) is 21.4 Å². The highest BCUT2D eigenvalue weighted by molar-refractivity contribution is 7.14. The van der Waals surface area contributed by atoms with E-state index in [0.717, 1.165) is 6.42 Å². The third-order valence-electron chi connectivity index (χ3n) is 5.37. The van der Waals surface area contributed by atoms with Crippen LogP contribution in [0.15, 0.2) is 37.8 Å². The van der Waals surface area contributed by atoms with Crippen LogP contribution < -0.4 is 32.1 Å². The molecule has 34 heavy (non-hydrogen) atoms. The topological polar surface area (TPSA) is 160 Å². The molecule has 0 unspecified atom stereocenters. The number of nitrogen functional groups attached to an aromatic ring is 1. The number of H-pyrrole nitrogens is 1. The van der Waals surface area contributed by atoms with Gasteiger partial charge < -0.3 is 15.5 Å². The Labute approximate surface area is 198 Å². The van der Waals surface area contributed by atoms with Crippen LogP contribution in [0.2, 0.25) is 0 Å². The summed E-state index contributed by atoms with van der Waals surface area (Å²) in [5.41, 5.74) is 5.18. The van der Waals surface area contributed by atoms with Crippen molar-refractivity contribution < 1.29 is 14.0 Å². The number of aromatic amines is 1. The lowest BCUT2D eigenvalue weighted by atomic mass is 10.2. The summed E-state index contributed by atoms with van der Waals surface area (Å²) >= 11 is 1.25. The Morgan fingerprint density at radius 2 is 2.18 bits per heavy atom. The van der Waals surface area contributed by atoms with Gasteiger partial charge in [0.05, 0.1) is 24.9 Å². The minimum atomic E-state index is -0.761. The molecule has 180 valence electrons. The van der Waals surface area contributed by atoms with Crippen LogP contribution in [0.1, 0.15) is 31.2 Å². The van der Waals surface area contributed by atoms with Gasteiger partial charge in [-0.15, -0.1) is 11.3 Å². The molecule has 1 aliphatic heterocycles. The zero-order chi connectivity index (χ0) is 24.2. The SMILES string of the molecule is CCCCn1c(N)c(N(Cc2ccco2)C(=O)Cc2csc(N3CCNC3=O)n2)c(=O)[nH]c1=O. The molecule has 3 aromatic heterocycles. The average molecular weight is 488 g/mol. The molecule has 1 saturated heterocycles. The predicted octanol–water partition coefficient (Wildman–Crippen LogP) is 1.27. The molecule has 0 spiro atoms. The van der Waals surface area contributed by atoms with Crippen molar-refractivity contribution >= 4 is 39.9 Å². The Balaban J connectivity index is 1.66. The van der Waals surface area contributed by atoms with Crippen molar-refractivity contribution in [2.45, 2.75) is 39.3 Å². The highest BCUT2D eigenvalue weighted by atomic mass is 32.1. The van der Waals surface area contributed by atoms with Crippen molar-refractivity contribution in [1.82, 2.24) is 19.9 Å². The fraction of sp³-hybridized carbons (Fsp3) is 0.381. The third kappa shape index (κ3) is 4.73. The summed E-state index contributed by atoms with van der Waals surface area (Å²) in [4.78, 5) is 59.8. The number of urea groups is 1. The van der Waals surface area contributed by atoms with Crippen LogP contribution in [0, 0.1) is 0 Å². The smallest absolute Gasteiger partial charge is 0.330 e. The normalized spacial score (nSPS) is 13.3. The molecular weight excluding hydrogens is 462 g/mol. The molecule has 4 N–H and O–H groups in total. The van der Waals surface area contributed by atoms with Gasteiger partial charge in [-0.25, -0.2) is 14.6 Å². The number of hydrogen-bond acceptors (Lipinski definition) is 8. The molecule has 0 radical (unpaired) electrons. The molecule has 13 heteroatoms. The van der Waals surface area contributed by atoms with E-state index in [4.69, 9.17) is 10.2 Å². The fourth-order valence-electron chi connectivity index (χ4n) is 3.63. The zero-order valence-corrected chi connectivity index (χ0v) is 19.4. The van der Waals surface area contributed by atoms with Crippen LogP contribution in [0.5, 0.6) is 0 Å². The highest BCUT2D eigenvalue weighted by Crippen LogP contribution is 2.25. The van der Waals surface area contributed by atoms with E-state index in [1.807, 2.05) is 6.92 Å².